The predicted molar refractivity (Wildman–Crippen MR) is 59.2 cm³/mol. The largest absolute Gasteiger partial charge is 0.399 e. The summed E-state index contributed by atoms with van der Waals surface area (Å²) in [5.74, 6) is 0. The smallest absolute Gasteiger partial charge is 0.123 e. The molecule has 0 aliphatic rings. The van der Waals surface area contributed by atoms with E-state index in [1.54, 1.807) is 17.5 Å². The van der Waals surface area contributed by atoms with Crippen molar-refractivity contribution in [3.05, 3.63) is 35.8 Å². The first kappa shape index (κ1) is 10.0. The van der Waals surface area contributed by atoms with E-state index in [0.29, 0.717) is 0 Å². The number of hydrogen-bond acceptors (Lipinski definition) is 3. The highest BCUT2D eigenvalue weighted by Crippen LogP contribution is 2.21. The summed E-state index contributed by atoms with van der Waals surface area (Å²) in [6, 6.07) is 7.73. The fraction of sp³-hybridized carbons (Fsp3) is 0. The Morgan fingerprint density at radius 2 is 1.85 bits per heavy atom. The molecule has 0 aliphatic carbocycles. The molecule has 0 bridgehead atoms. The zero-order valence-corrected chi connectivity index (χ0v) is 8.44. The van der Waals surface area contributed by atoms with Gasteiger partial charge in [-0.3, -0.25) is 0 Å². The van der Waals surface area contributed by atoms with Gasteiger partial charge in [0.25, 0.3) is 0 Å². The van der Waals surface area contributed by atoms with Gasteiger partial charge in [0.2, 0.25) is 0 Å². The van der Waals surface area contributed by atoms with Crippen molar-refractivity contribution in [3.8, 4) is 10.6 Å². The van der Waals surface area contributed by atoms with E-state index in [1.807, 2.05) is 29.6 Å². The third-order valence-corrected chi connectivity index (χ3v) is 2.41. The van der Waals surface area contributed by atoms with Crippen LogP contribution in [0.2, 0.25) is 0 Å². The Bertz CT molecular complexity index is 356. The summed E-state index contributed by atoms with van der Waals surface area (Å²) in [4.78, 5) is 4.19. The fourth-order valence-corrected chi connectivity index (χ4v) is 1.64. The number of nitrogens with two attached hydrogens (primary N) is 1. The van der Waals surface area contributed by atoms with Crippen molar-refractivity contribution in [2.75, 3.05) is 5.73 Å². The SMILES string of the molecule is Cl.Nc1ccc(-c2nccs2)cc1. The van der Waals surface area contributed by atoms with Gasteiger partial charge >= 0.3 is 0 Å². The Balaban J connectivity index is 0.000000845. The predicted octanol–water partition coefficient (Wildman–Crippen LogP) is 2.81. The Hall–Kier alpha value is -1.06. The lowest BCUT2D eigenvalue weighted by Gasteiger charge is -1.95. The van der Waals surface area contributed by atoms with Crippen LogP contribution >= 0.6 is 23.7 Å². The monoisotopic (exact) mass is 212 g/mol. The lowest BCUT2D eigenvalue weighted by molar-refractivity contribution is 1.41. The zero-order chi connectivity index (χ0) is 8.39. The maximum atomic E-state index is 5.56. The van der Waals surface area contributed by atoms with Gasteiger partial charge in [-0.05, 0) is 24.3 Å². The van der Waals surface area contributed by atoms with Crippen molar-refractivity contribution >= 4 is 29.4 Å². The molecule has 1 heterocycles. The normalized spacial score (nSPS) is 9.23. The first-order valence-corrected chi connectivity index (χ1v) is 4.49. The number of nitrogen functional groups attached to an aromatic ring is 1. The van der Waals surface area contributed by atoms with Gasteiger partial charge < -0.3 is 5.73 Å². The van der Waals surface area contributed by atoms with Gasteiger partial charge in [-0.2, -0.15) is 0 Å². The fourth-order valence-electron chi connectivity index (χ4n) is 0.992. The molecule has 1 aromatic heterocycles. The first-order chi connectivity index (χ1) is 5.86. The highest BCUT2D eigenvalue weighted by Gasteiger charge is 1.97. The summed E-state index contributed by atoms with van der Waals surface area (Å²) in [6.45, 7) is 0. The molecule has 2 nitrogen and oxygen atoms in total. The summed E-state index contributed by atoms with van der Waals surface area (Å²) in [7, 11) is 0. The molecule has 0 amide bonds. The molecule has 0 fully saturated rings. The Morgan fingerprint density at radius 1 is 1.15 bits per heavy atom. The Morgan fingerprint density at radius 3 is 2.38 bits per heavy atom. The van der Waals surface area contributed by atoms with Crippen LogP contribution in [0, 0.1) is 0 Å². The van der Waals surface area contributed by atoms with Gasteiger partial charge in [-0.25, -0.2) is 4.98 Å². The lowest BCUT2D eigenvalue weighted by Crippen LogP contribution is -1.82. The van der Waals surface area contributed by atoms with Crippen LogP contribution in [0.25, 0.3) is 10.6 Å². The molecule has 0 radical (unpaired) electrons. The van der Waals surface area contributed by atoms with Crippen molar-refractivity contribution in [2.24, 2.45) is 0 Å². The van der Waals surface area contributed by atoms with Gasteiger partial charge in [-0.1, -0.05) is 0 Å². The molecule has 0 saturated carbocycles. The molecular formula is C9H9ClN2S. The molecule has 0 aliphatic heterocycles. The first-order valence-electron chi connectivity index (χ1n) is 3.62. The molecule has 68 valence electrons. The topological polar surface area (TPSA) is 38.9 Å². The van der Waals surface area contributed by atoms with Crippen molar-refractivity contribution in [1.82, 2.24) is 4.98 Å². The zero-order valence-electron chi connectivity index (χ0n) is 6.81. The third kappa shape index (κ3) is 2.20. The molecular weight excluding hydrogens is 204 g/mol. The average molecular weight is 213 g/mol. The molecule has 1 aromatic carbocycles. The van der Waals surface area contributed by atoms with Crippen molar-refractivity contribution in [2.45, 2.75) is 0 Å². The van der Waals surface area contributed by atoms with Gasteiger partial charge in [-0.15, -0.1) is 23.7 Å². The molecule has 0 atom stereocenters. The molecule has 0 saturated heterocycles. The number of halogens is 1. The molecule has 0 spiro atoms. The number of rotatable bonds is 1. The lowest BCUT2D eigenvalue weighted by atomic mass is 10.2. The van der Waals surface area contributed by atoms with Gasteiger partial charge in [0.1, 0.15) is 5.01 Å². The van der Waals surface area contributed by atoms with E-state index >= 15 is 0 Å². The van der Waals surface area contributed by atoms with E-state index < -0.39 is 0 Å². The Labute approximate surface area is 86.8 Å². The summed E-state index contributed by atoms with van der Waals surface area (Å²) >= 11 is 1.63. The molecule has 2 N–H and O–H groups in total. The van der Waals surface area contributed by atoms with E-state index in [0.717, 1.165) is 16.3 Å². The van der Waals surface area contributed by atoms with Crippen LogP contribution in [0.1, 0.15) is 0 Å². The van der Waals surface area contributed by atoms with Crippen LogP contribution in [0.5, 0.6) is 0 Å². The quantitative estimate of drug-likeness (QED) is 0.739. The van der Waals surface area contributed by atoms with Crippen LogP contribution in [-0.2, 0) is 0 Å². The van der Waals surface area contributed by atoms with Crippen molar-refractivity contribution in [3.63, 3.8) is 0 Å². The van der Waals surface area contributed by atoms with E-state index in [1.165, 1.54) is 0 Å². The number of anilines is 1. The number of aromatic nitrogens is 1. The second-order valence-electron chi connectivity index (χ2n) is 2.46. The van der Waals surface area contributed by atoms with Gasteiger partial charge in [0.15, 0.2) is 0 Å². The average Bonchev–Trinajstić information content (AvgIpc) is 2.58. The summed E-state index contributed by atoms with van der Waals surface area (Å²) in [5, 5.41) is 3.00. The second kappa shape index (κ2) is 4.25. The molecule has 13 heavy (non-hydrogen) atoms. The van der Waals surface area contributed by atoms with E-state index in [-0.39, 0.29) is 12.4 Å². The van der Waals surface area contributed by atoms with Crippen molar-refractivity contribution in [1.29, 1.82) is 0 Å². The molecule has 2 aromatic rings. The maximum Gasteiger partial charge on any atom is 0.123 e. The summed E-state index contributed by atoms with van der Waals surface area (Å²) in [6.07, 6.45) is 1.80. The molecule has 2 rings (SSSR count). The minimum atomic E-state index is 0. The minimum absolute atomic E-state index is 0. The van der Waals surface area contributed by atoms with Gasteiger partial charge in [0, 0.05) is 22.8 Å². The number of hydrogen-bond donors (Lipinski definition) is 1. The highest BCUT2D eigenvalue weighted by molar-refractivity contribution is 7.13. The van der Waals surface area contributed by atoms with Crippen LogP contribution in [0.3, 0.4) is 0 Å². The van der Waals surface area contributed by atoms with Crippen LogP contribution in [-0.4, -0.2) is 4.98 Å². The van der Waals surface area contributed by atoms with E-state index in [4.69, 9.17) is 5.73 Å². The number of benzene rings is 1. The Kier molecular flexibility index (Phi) is 3.28. The molecule has 0 unspecified atom stereocenters. The highest BCUT2D eigenvalue weighted by atomic mass is 35.5. The van der Waals surface area contributed by atoms with Gasteiger partial charge in [0.05, 0.1) is 0 Å². The van der Waals surface area contributed by atoms with Crippen molar-refractivity contribution < 1.29 is 0 Å². The third-order valence-electron chi connectivity index (χ3n) is 1.59. The van der Waals surface area contributed by atoms with E-state index in [9.17, 15) is 0 Å². The van der Waals surface area contributed by atoms with E-state index in [2.05, 4.69) is 4.98 Å². The maximum absolute atomic E-state index is 5.56. The number of thiazole rings is 1. The summed E-state index contributed by atoms with van der Waals surface area (Å²) < 4.78 is 0. The van der Waals surface area contributed by atoms with Crippen LogP contribution in [0.15, 0.2) is 35.8 Å². The number of nitrogens with zero attached hydrogens (tertiary/aromatic N) is 1. The molecule has 4 heteroatoms. The standard InChI is InChI=1S/C9H8N2S.ClH/c10-8-3-1-7(2-4-8)9-11-5-6-12-9;/h1-6H,10H2;1H. The van der Waals surface area contributed by atoms with Crippen LogP contribution < -0.4 is 5.73 Å². The second-order valence-corrected chi connectivity index (χ2v) is 3.35. The minimum Gasteiger partial charge on any atom is -0.399 e. The summed E-state index contributed by atoms with van der Waals surface area (Å²) in [5.41, 5.74) is 7.47. The van der Waals surface area contributed by atoms with Crippen LogP contribution in [0.4, 0.5) is 5.69 Å².